The Labute approximate surface area is 207 Å². The van der Waals surface area contributed by atoms with Crippen LogP contribution in [0.5, 0.6) is 0 Å². The summed E-state index contributed by atoms with van der Waals surface area (Å²) in [4.78, 5) is 22.3. The number of benzene rings is 3. The fraction of sp³-hybridized carbons (Fsp3) is 0.185. The Morgan fingerprint density at radius 2 is 1.69 bits per heavy atom. The third kappa shape index (κ3) is 3.78. The molecule has 6 rings (SSSR count). The lowest BCUT2D eigenvalue weighted by Gasteiger charge is -2.40. The number of aromatic nitrogens is 4. The van der Waals surface area contributed by atoms with Crippen molar-refractivity contribution >= 4 is 40.0 Å². The lowest BCUT2D eigenvalue weighted by molar-refractivity contribution is 0.0673. The van der Waals surface area contributed by atoms with E-state index >= 15 is 0 Å². The fourth-order valence-electron chi connectivity index (χ4n) is 4.77. The van der Waals surface area contributed by atoms with Crippen LogP contribution in [0, 0.1) is 0 Å². The second-order valence-electron chi connectivity index (χ2n) is 8.78. The number of fused-ring (bicyclic) bond motifs is 3. The van der Waals surface area contributed by atoms with Gasteiger partial charge in [-0.25, -0.2) is 9.38 Å². The highest BCUT2D eigenvalue weighted by atomic mass is 35.5. The van der Waals surface area contributed by atoms with E-state index in [9.17, 15) is 4.79 Å². The van der Waals surface area contributed by atoms with Gasteiger partial charge < -0.3 is 9.80 Å². The Morgan fingerprint density at radius 3 is 2.43 bits per heavy atom. The van der Waals surface area contributed by atoms with Crippen LogP contribution in [0.3, 0.4) is 0 Å². The van der Waals surface area contributed by atoms with Crippen LogP contribution in [0.1, 0.15) is 17.3 Å². The van der Waals surface area contributed by atoms with E-state index in [0.717, 1.165) is 33.9 Å². The van der Waals surface area contributed by atoms with Crippen LogP contribution in [-0.4, -0.2) is 56.1 Å². The predicted molar refractivity (Wildman–Crippen MR) is 138 cm³/mol. The number of hydrogen-bond donors (Lipinski definition) is 0. The first-order chi connectivity index (χ1) is 17.1. The van der Waals surface area contributed by atoms with Crippen molar-refractivity contribution in [3.8, 4) is 11.4 Å². The lowest BCUT2D eigenvalue weighted by Crippen LogP contribution is -2.54. The van der Waals surface area contributed by atoms with Crippen molar-refractivity contribution in [2.24, 2.45) is 0 Å². The number of carbonyl (C=O) groups is 1. The Bertz CT molecular complexity index is 1540. The molecule has 1 atom stereocenters. The van der Waals surface area contributed by atoms with Crippen molar-refractivity contribution in [1.29, 1.82) is 0 Å². The highest BCUT2D eigenvalue weighted by Gasteiger charge is 2.31. The van der Waals surface area contributed by atoms with Crippen molar-refractivity contribution in [3.63, 3.8) is 0 Å². The third-order valence-electron chi connectivity index (χ3n) is 6.51. The summed E-state index contributed by atoms with van der Waals surface area (Å²) in [5.41, 5.74) is 3.17. The van der Waals surface area contributed by atoms with Crippen molar-refractivity contribution < 1.29 is 4.79 Å². The second kappa shape index (κ2) is 8.67. The Balaban J connectivity index is 1.43. The van der Waals surface area contributed by atoms with Crippen LogP contribution in [0.15, 0.2) is 78.9 Å². The van der Waals surface area contributed by atoms with Gasteiger partial charge in [0.1, 0.15) is 0 Å². The average molecular weight is 483 g/mol. The zero-order valence-electron chi connectivity index (χ0n) is 19.2. The summed E-state index contributed by atoms with van der Waals surface area (Å²) in [7, 11) is 0. The number of carbonyl (C=O) groups excluding carboxylic acids is 1. The molecule has 0 saturated carbocycles. The summed E-state index contributed by atoms with van der Waals surface area (Å²) < 4.78 is 2.02. The fourth-order valence-corrected chi connectivity index (χ4v) is 4.93. The molecule has 8 heteroatoms. The molecule has 0 N–H and O–H groups in total. The van der Waals surface area contributed by atoms with E-state index in [2.05, 4.69) is 22.0 Å². The van der Waals surface area contributed by atoms with Gasteiger partial charge >= 0.3 is 0 Å². The quantitative estimate of drug-likeness (QED) is 0.364. The van der Waals surface area contributed by atoms with Gasteiger partial charge in [-0.15, -0.1) is 10.2 Å². The van der Waals surface area contributed by atoms with E-state index in [4.69, 9.17) is 16.6 Å². The van der Waals surface area contributed by atoms with Crippen LogP contribution in [-0.2, 0) is 0 Å². The number of hydrogen-bond acceptors (Lipinski definition) is 5. The zero-order valence-corrected chi connectivity index (χ0v) is 19.9. The first kappa shape index (κ1) is 21.6. The number of anilines is 1. The van der Waals surface area contributed by atoms with Crippen LogP contribution in [0.2, 0.25) is 5.02 Å². The van der Waals surface area contributed by atoms with E-state index in [0.29, 0.717) is 30.2 Å². The number of nitrogens with zero attached hydrogens (tertiary/aromatic N) is 6. The van der Waals surface area contributed by atoms with E-state index in [1.54, 1.807) is 0 Å². The molecule has 0 radical (unpaired) electrons. The van der Waals surface area contributed by atoms with E-state index < -0.39 is 0 Å². The summed E-state index contributed by atoms with van der Waals surface area (Å²) in [6.45, 7) is 3.95. The Kier molecular flexibility index (Phi) is 5.34. The molecule has 1 amide bonds. The predicted octanol–water partition coefficient (Wildman–Crippen LogP) is 4.95. The number of piperazine rings is 1. The highest BCUT2D eigenvalue weighted by Crippen LogP contribution is 2.31. The maximum atomic E-state index is 13.1. The topological polar surface area (TPSA) is 66.6 Å². The molecule has 1 fully saturated rings. The number of halogens is 1. The summed E-state index contributed by atoms with van der Waals surface area (Å²) in [6.07, 6.45) is 0. The van der Waals surface area contributed by atoms with Gasteiger partial charge in [-0.2, -0.15) is 0 Å². The molecule has 5 aromatic rings. The Morgan fingerprint density at radius 1 is 0.943 bits per heavy atom. The molecule has 1 aliphatic heterocycles. The van der Waals surface area contributed by atoms with Gasteiger partial charge in [-0.05, 0) is 37.3 Å². The van der Waals surface area contributed by atoms with Gasteiger partial charge in [0.2, 0.25) is 5.95 Å². The SMILES string of the molecule is C[C@H]1CN(c2nc3cc(Cl)ccc3c3nnc(-c4ccccc4)n23)CCN1C(=O)c1ccccc1. The summed E-state index contributed by atoms with van der Waals surface area (Å²) in [6, 6.07) is 25.1. The maximum absolute atomic E-state index is 13.1. The molecule has 0 bridgehead atoms. The molecule has 0 unspecified atom stereocenters. The first-order valence-corrected chi connectivity index (χ1v) is 12.0. The minimum Gasteiger partial charge on any atom is -0.338 e. The average Bonchev–Trinajstić information content (AvgIpc) is 3.34. The van der Waals surface area contributed by atoms with Gasteiger partial charge in [-0.3, -0.25) is 4.79 Å². The molecular formula is C27H23ClN6O. The Hall–Kier alpha value is -3.97. The largest absolute Gasteiger partial charge is 0.338 e. The third-order valence-corrected chi connectivity index (χ3v) is 6.74. The van der Waals surface area contributed by atoms with E-state index in [1.807, 2.05) is 88.2 Å². The minimum absolute atomic E-state index is 0.0000188. The first-order valence-electron chi connectivity index (χ1n) is 11.6. The molecule has 1 saturated heterocycles. The van der Waals surface area contributed by atoms with Crippen LogP contribution in [0.4, 0.5) is 5.95 Å². The molecule has 1 aliphatic rings. The van der Waals surface area contributed by atoms with Gasteiger partial charge in [0, 0.05) is 47.2 Å². The van der Waals surface area contributed by atoms with E-state index in [-0.39, 0.29) is 11.9 Å². The van der Waals surface area contributed by atoms with Crippen molar-refractivity contribution in [2.75, 3.05) is 24.5 Å². The van der Waals surface area contributed by atoms with Gasteiger partial charge in [-0.1, -0.05) is 60.1 Å². The summed E-state index contributed by atoms with van der Waals surface area (Å²) in [5, 5.41) is 10.6. The molecule has 35 heavy (non-hydrogen) atoms. The summed E-state index contributed by atoms with van der Waals surface area (Å²) >= 11 is 6.30. The normalized spacial score (nSPS) is 16.2. The van der Waals surface area contributed by atoms with Gasteiger partial charge in [0.25, 0.3) is 5.91 Å². The number of amides is 1. The molecule has 0 spiro atoms. The highest BCUT2D eigenvalue weighted by molar-refractivity contribution is 6.31. The number of rotatable bonds is 3. The van der Waals surface area contributed by atoms with E-state index in [1.165, 1.54) is 0 Å². The van der Waals surface area contributed by atoms with Gasteiger partial charge in [0.05, 0.1) is 5.52 Å². The smallest absolute Gasteiger partial charge is 0.254 e. The summed E-state index contributed by atoms with van der Waals surface area (Å²) in [5.74, 6) is 1.53. The molecule has 3 heterocycles. The zero-order chi connectivity index (χ0) is 23.9. The van der Waals surface area contributed by atoms with Crippen LogP contribution < -0.4 is 4.90 Å². The monoisotopic (exact) mass is 482 g/mol. The minimum atomic E-state index is 0.0000188. The molecule has 7 nitrogen and oxygen atoms in total. The van der Waals surface area contributed by atoms with Crippen molar-refractivity contribution in [3.05, 3.63) is 89.4 Å². The lowest BCUT2D eigenvalue weighted by atomic mass is 10.1. The molecule has 174 valence electrons. The molecule has 3 aromatic carbocycles. The van der Waals surface area contributed by atoms with Crippen molar-refractivity contribution in [2.45, 2.75) is 13.0 Å². The molecule has 2 aromatic heterocycles. The van der Waals surface area contributed by atoms with Crippen LogP contribution >= 0.6 is 11.6 Å². The standard InChI is InChI=1S/C27H23ClN6O/c1-18-17-32(14-15-33(18)26(35)20-10-6-3-7-11-20)27-29-23-16-21(28)12-13-22(23)25-31-30-24(34(25)27)19-8-4-2-5-9-19/h2-13,16,18H,14-15,17H2,1H3/t18-/m0/s1. The maximum Gasteiger partial charge on any atom is 0.254 e. The molecular weight excluding hydrogens is 460 g/mol. The van der Waals surface area contributed by atoms with Gasteiger partial charge in [0.15, 0.2) is 11.5 Å². The second-order valence-corrected chi connectivity index (χ2v) is 9.22. The van der Waals surface area contributed by atoms with Crippen LogP contribution in [0.25, 0.3) is 27.9 Å². The van der Waals surface area contributed by atoms with Crippen molar-refractivity contribution in [1.82, 2.24) is 24.5 Å². The molecule has 0 aliphatic carbocycles.